The molecule has 0 bridgehead atoms. The lowest BCUT2D eigenvalue weighted by Gasteiger charge is -2.29. The summed E-state index contributed by atoms with van der Waals surface area (Å²) in [6.45, 7) is 2.31. The third kappa shape index (κ3) is 2.73. The highest BCUT2D eigenvalue weighted by Gasteiger charge is 2.67. The van der Waals surface area contributed by atoms with Gasteiger partial charge in [-0.2, -0.15) is 13.2 Å². The first-order valence-corrected chi connectivity index (χ1v) is 5.52. The number of hydrogen-bond donors (Lipinski definition) is 2. The Labute approximate surface area is 101 Å². The minimum Gasteiger partial charge on any atom is -0.290 e. The fraction of sp³-hybridized carbons (Fsp3) is 0.900. The van der Waals surface area contributed by atoms with Crippen LogP contribution in [-0.2, 0) is 0 Å². The van der Waals surface area contributed by atoms with Gasteiger partial charge in [-0.05, 0) is 6.92 Å². The van der Waals surface area contributed by atoms with Crippen LogP contribution in [0.25, 0.3) is 0 Å². The van der Waals surface area contributed by atoms with Crippen molar-refractivity contribution in [2.45, 2.75) is 38.3 Å². The van der Waals surface area contributed by atoms with E-state index in [2.05, 4.69) is 4.99 Å². The first-order valence-electron chi connectivity index (χ1n) is 5.52. The van der Waals surface area contributed by atoms with Gasteiger partial charge in [-0.1, -0.05) is 6.92 Å². The van der Waals surface area contributed by atoms with E-state index < -0.39 is 42.1 Å². The summed E-state index contributed by atoms with van der Waals surface area (Å²) in [6.07, 6.45) is -7.26. The molecule has 0 amide bonds. The number of hydroxylamine groups is 1. The Kier molecular flexibility index (Phi) is 4.19. The predicted octanol–water partition coefficient (Wildman–Crippen LogP) is 2.65. The zero-order chi connectivity index (χ0) is 14.1. The number of aliphatic imine (C=N–C) groups is 1. The Balaban J connectivity index is 3.08. The minimum absolute atomic E-state index is 0.0526. The van der Waals surface area contributed by atoms with Crippen molar-refractivity contribution in [2.24, 2.45) is 16.8 Å². The number of nitrogens with one attached hydrogen (secondary N) is 1. The van der Waals surface area contributed by atoms with E-state index >= 15 is 0 Å². The third-order valence-electron chi connectivity index (χ3n) is 3.12. The van der Waals surface area contributed by atoms with E-state index in [0.717, 1.165) is 6.92 Å². The molecule has 0 aromatic carbocycles. The lowest BCUT2D eigenvalue weighted by molar-refractivity contribution is -0.184. The van der Waals surface area contributed by atoms with Gasteiger partial charge in [-0.3, -0.25) is 15.7 Å². The Bertz CT molecular complexity index is 333. The van der Waals surface area contributed by atoms with Gasteiger partial charge in [0.1, 0.15) is 12.0 Å². The Morgan fingerprint density at radius 1 is 1.56 bits per heavy atom. The van der Waals surface area contributed by atoms with Crippen molar-refractivity contribution >= 4 is 5.84 Å². The molecule has 8 heteroatoms. The maximum Gasteiger partial charge on any atom is 0.392 e. The number of hydrogen-bond acceptors (Lipinski definition) is 2. The summed E-state index contributed by atoms with van der Waals surface area (Å²) in [4.78, 5) is 3.57. The van der Waals surface area contributed by atoms with E-state index in [1.807, 2.05) is 0 Å². The molecule has 1 aliphatic rings. The normalized spacial score (nSPS) is 32.0. The average molecular weight is 274 g/mol. The highest BCUT2D eigenvalue weighted by molar-refractivity contribution is 5.85. The Morgan fingerprint density at radius 2 is 2.06 bits per heavy atom. The molecule has 1 fully saturated rings. The molecule has 1 unspecified atom stereocenters. The second kappa shape index (κ2) is 4.99. The summed E-state index contributed by atoms with van der Waals surface area (Å²) < 4.78 is 65.0. The van der Waals surface area contributed by atoms with Crippen molar-refractivity contribution in [1.82, 2.24) is 5.48 Å². The monoisotopic (exact) mass is 274 g/mol. The molecule has 0 heterocycles. The highest BCUT2D eigenvalue weighted by atomic mass is 19.4. The molecule has 0 aromatic rings. The number of halogens is 5. The van der Waals surface area contributed by atoms with Crippen molar-refractivity contribution in [2.75, 3.05) is 6.54 Å². The molecule has 18 heavy (non-hydrogen) atoms. The quantitative estimate of drug-likeness (QED) is 0.358. The van der Waals surface area contributed by atoms with E-state index in [1.165, 1.54) is 12.4 Å². The van der Waals surface area contributed by atoms with E-state index in [-0.39, 0.29) is 6.54 Å². The lowest BCUT2D eigenvalue weighted by atomic mass is 9.86. The SMILES string of the molecule is CCN=C(NO)[C@@H]([C@H](C)C(F)(F)F)[C@]1(F)CC1F. The zero-order valence-corrected chi connectivity index (χ0v) is 9.93. The molecule has 106 valence electrons. The number of nitrogens with zero attached hydrogens (tertiary/aromatic N) is 1. The zero-order valence-electron chi connectivity index (χ0n) is 9.93. The second-order valence-electron chi connectivity index (χ2n) is 4.38. The number of amidine groups is 1. The fourth-order valence-electron chi connectivity index (χ4n) is 1.98. The lowest BCUT2D eigenvalue weighted by Crippen LogP contribution is -2.45. The number of rotatable bonds is 4. The molecule has 0 aromatic heterocycles. The molecule has 0 spiro atoms. The first kappa shape index (κ1) is 15.1. The molecular formula is C10H15F5N2O. The van der Waals surface area contributed by atoms with Gasteiger partial charge in [0, 0.05) is 13.0 Å². The molecule has 0 aliphatic heterocycles. The van der Waals surface area contributed by atoms with Crippen molar-refractivity contribution in [3.05, 3.63) is 0 Å². The van der Waals surface area contributed by atoms with Gasteiger partial charge in [0.2, 0.25) is 0 Å². The minimum atomic E-state index is -4.70. The van der Waals surface area contributed by atoms with Gasteiger partial charge in [-0.25, -0.2) is 8.78 Å². The van der Waals surface area contributed by atoms with Crippen LogP contribution in [0.1, 0.15) is 20.3 Å². The van der Waals surface area contributed by atoms with E-state index in [1.54, 1.807) is 0 Å². The summed E-state index contributed by atoms with van der Waals surface area (Å²) in [7, 11) is 0. The van der Waals surface area contributed by atoms with Crippen LogP contribution >= 0.6 is 0 Å². The first-order chi connectivity index (χ1) is 8.18. The number of alkyl halides is 5. The highest BCUT2D eigenvalue weighted by Crippen LogP contribution is 2.54. The summed E-state index contributed by atoms with van der Waals surface area (Å²) in [5, 5.41) is 8.78. The standard InChI is InChI=1S/C10H15F5N2O/c1-3-16-8(17-18)7(5(2)10(13,14)15)9(12)4-6(9)11/h5-7,18H,3-4H2,1-2H3,(H,16,17)/t5-,6?,7+,9-/m0/s1. The third-order valence-corrected chi connectivity index (χ3v) is 3.12. The molecule has 4 atom stereocenters. The summed E-state index contributed by atoms with van der Waals surface area (Å²) >= 11 is 0. The van der Waals surface area contributed by atoms with E-state index in [4.69, 9.17) is 5.21 Å². The summed E-state index contributed by atoms with van der Waals surface area (Å²) in [5.74, 6) is -4.57. The smallest absolute Gasteiger partial charge is 0.290 e. The van der Waals surface area contributed by atoms with Crippen LogP contribution in [0.15, 0.2) is 4.99 Å². The van der Waals surface area contributed by atoms with Crippen LogP contribution in [-0.4, -0.2) is 35.6 Å². The Hall–Kier alpha value is -0.920. The van der Waals surface area contributed by atoms with Gasteiger partial charge in [0.05, 0.1) is 11.8 Å². The van der Waals surface area contributed by atoms with Crippen molar-refractivity contribution in [1.29, 1.82) is 0 Å². The van der Waals surface area contributed by atoms with E-state index in [9.17, 15) is 22.0 Å². The van der Waals surface area contributed by atoms with Gasteiger partial charge in [-0.15, -0.1) is 0 Å². The molecule has 0 saturated heterocycles. The molecule has 1 saturated carbocycles. The van der Waals surface area contributed by atoms with Crippen LogP contribution in [0.3, 0.4) is 0 Å². The molecule has 0 radical (unpaired) electrons. The van der Waals surface area contributed by atoms with Crippen molar-refractivity contribution in [3.63, 3.8) is 0 Å². The van der Waals surface area contributed by atoms with Gasteiger partial charge < -0.3 is 0 Å². The van der Waals surface area contributed by atoms with Gasteiger partial charge >= 0.3 is 6.18 Å². The van der Waals surface area contributed by atoms with E-state index in [0.29, 0.717) is 0 Å². The van der Waals surface area contributed by atoms with Gasteiger partial charge in [0.15, 0.2) is 5.67 Å². The summed E-state index contributed by atoms with van der Waals surface area (Å²) in [6, 6.07) is 0. The summed E-state index contributed by atoms with van der Waals surface area (Å²) in [5.41, 5.74) is -1.15. The van der Waals surface area contributed by atoms with Crippen molar-refractivity contribution < 1.29 is 27.2 Å². The fourth-order valence-corrected chi connectivity index (χ4v) is 1.98. The second-order valence-corrected chi connectivity index (χ2v) is 4.38. The largest absolute Gasteiger partial charge is 0.392 e. The molecule has 1 aliphatic carbocycles. The molecule has 3 nitrogen and oxygen atoms in total. The van der Waals surface area contributed by atoms with Crippen LogP contribution in [0, 0.1) is 11.8 Å². The maximum absolute atomic E-state index is 14.0. The molecule has 2 N–H and O–H groups in total. The van der Waals surface area contributed by atoms with Crippen LogP contribution in [0.4, 0.5) is 22.0 Å². The molecule has 1 rings (SSSR count). The predicted molar refractivity (Wildman–Crippen MR) is 55.0 cm³/mol. The molecular weight excluding hydrogens is 259 g/mol. The average Bonchev–Trinajstić information content (AvgIpc) is 2.85. The van der Waals surface area contributed by atoms with Crippen LogP contribution in [0.2, 0.25) is 0 Å². The Morgan fingerprint density at radius 3 is 2.33 bits per heavy atom. The maximum atomic E-state index is 14.0. The van der Waals surface area contributed by atoms with Gasteiger partial charge in [0.25, 0.3) is 0 Å². The van der Waals surface area contributed by atoms with Crippen molar-refractivity contribution in [3.8, 4) is 0 Å². The topological polar surface area (TPSA) is 44.6 Å². The van der Waals surface area contributed by atoms with Crippen LogP contribution in [0.5, 0.6) is 0 Å². The van der Waals surface area contributed by atoms with Crippen LogP contribution < -0.4 is 5.48 Å².